The number of aromatic carboxylic acids is 1. The summed E-state index contributed by atoms with van der Waals surface area (Å²) in [6.07, 6.45) is 0.774. The summed E-state index contributed by atoms with van der Waals surface area (Å²) in [5, 5.41) is 20.0. The average molecular weight is 298 g/mol. The second kappa shape index (κ2) is 6.51. The summed E-state index contributed by atoms with van der Waals surface area (Å²) < 4.78 is 13.8. The normalized spacial score (nSPS) is 12.3. The van der Waals surface area contributed by atoms with Gasteiger partial charge in [-0.2, -0.15) is 0 Å². The molecule has 6 nitrogen and oxygen atoms in total. The van der Waals surface area contributed by atoms with Gasteiger partial charge in [0, 0.05) is 25.2 Å². The first-order chi connectivity index (χ1) is 9.65. The van der Waals surface area contributed by atoms with Crippen molar-refractivity contribution in [2.45, 2.75) is 33.2 Å². The van der Waals surface area contributed by atoms with Crippen LogP contribution in [-0.2, 0) is 0 Å². The number of halogens is 1. The number of nitro groups is 1. The molecule has 1 atom stereocenters. The van der Waals surface area contributed by atoms with Crippen molar-refractivity contribution < 1.29 is 19.2 Å². The Kier molecular flexibility index (Phi) is 5.23. The molecule has 116 valence electrons. The Bertz CT molecular complexity index is 560. The van der Waals surface area contributed by atoms with Crippen LogP contribution < -0.4 is 4.90 Å². The van der Waals surface area contributed by atoms with Gasteiger partial charge in [0.15, 0.2) is 0 Å². The molecule has 0 heterocycles. The van der Waals surface area contributed by atoms with Gasteiger partial charge in [-0.25, -0.2) is 9.18 Å². The van der Waals surface area contributed by atoms with Crippen molar-refractivity contribution in [1.29, 1.82) is 0 Å². The van der Waals surface area contributed by atoms with Crippen molar-refractivity contribution in [3.8, 4) is 0 Å². The molecule has 1 unspecified atom stereocenters. The highest BCUT2D eigenvalue weighted by Gasteiger charge is 2.26. The number of anilines is 1. The Balaban J connectivity index is 3.31. The van der Waals surface area contributed by atoms with Crippen LogP contribution in [0.2, 0.25) is 0 Å². The predicted octanol–water partition coefficient (Wildman–Crippen LogP) is 3.30. The molecular weight excluding hydrogens is 279 g/mol. The summed E-state index contributed by atoms with van der Waals surface area (Å²) in [4.78, 5) is 22.9. The second-order valence-electron chi connectivity index (χ2n) is 5.47. The fourth-order valence-electron chi connectivity index (χ4n) is 2.22. The molecule has 0 amide bonds. The van der Waals surface area contributed by atoms with Crippen LogP contribution in [0.25, 0.3) is 0 Å². The number of benzene rings is 1. The van der Waals surface area contributed by atoms with Crippen molar-refractivity contribution in [3.63, 3.8) is 0 Å². The Labute approximate surface area is 122 Å². The third-order valence-corrected chi connectivity index (χ3v) is 3.35. The highest BCUT2D eigenvalue weighted by atomic mass is 19.1. The minimum absolute atomic E-state index is 0.0428. The molecular formula is C14H19FN2O4. The summed E-state index contributed by atoms with van der Waals surface area (Å²) in [6.45, 7) is 5.92. The maximum atomic E-state index is 13.8. The van der Waals surface area contributed by atoms with E-state index in [0.29, 0.717) is 5.92 Å². The van der Waals surface area contributed by atoms with Gasteiger partial charge in [0.05, 0.1) is 4.92 Å². The number of carboxylic acid groups (broad SMARTS) is 1. The van der Waals surface area contributed by atoms with Crippen molar-refractivity contribution in [1.82, 2.24) is 0 Å². The lowest BCUT2D eigenvalue weighted by Gasteiger charge is -2.28. The van der Waals surface area contributed by atoms with Crippen LogP contribution in [0.5, 0.6) is 0 Å². The van der Waals surface area contributed by atoms with E-state index in [1.165, 1.54) is 0 Å². The molecule has 0 saturated carbocycles. The summed E-state index contributed by atoms with van der Waals surface area (Å²) in [6, 6.07) is 1.64. The number of rotatable bonds is 6. The first-order valence-electron chi connectivity index (χ1n) is 6.59. The van der Waals surface area contributed by atoms with Crippen LogP contribution in [-0.4, -0.2) is 29.1 Å². The first-order valence-corrected chi connectivity index (χ1v) is 6.59. The van der Waals surface area contributed by atoms with E-state index in [4.69, 9.17) is 5.11 Å². The SMILES string of the molecule is CC(C)CC(C)N(C)c1cc(F)c(C(=O)O)cc1[N+](=O)[O-]. The van der Waals surface area contributed by atoms with Gasteiger partial charge < -0.3 is 10.0 Å². The number of nitrogens with zero attached hydrogens (tertiary/aromatic N) is 2. The minimum atomic E-state index is -1.53. The Hall–Kier alpha value is -2.18. The van der Waals surface area contributed by atoms with Crippen LogP contribution in [0.15, 0.2) is 12.1 Å². The molecule has 0 aliphatic rings. The molecule has 0 radical (unpaired) electrons. The van der Waals surface area contributed by atoms with E-state index in [2.05, 4.69) is 0 Å². The maximum Gasteiger partial charge on any atom is 0.338 e. The quantitative estimate of drug-likeness (QED) is 0.643. The van der Waals surface area contributed by atoms with Crippen LogP contribution in [0, 0.1) is 21.8 Å². The number of carboxylic acids is 1. The van der Waals surface area contributed by atoms with Crippen molar-refractivity contribution >= 4 is 17.3 Å². The monoisotopic (exact) mass is 298 g/mol. The summed E-state index contributed by atoms with van der Waals surface area (Å²) in [5.74, 6) is -2.13. The van der Waals surface area contributed by atoms with Gasteiger partial charge in [-0.15, -0.1) is 0 Å². The van der Waals surface area contributed by atoms with Gasteiger partial charge in [0.1, 0.15) is 17.1 Å². The van der Waals surface area contributed by atoms with E-state index in [1.54, 1.807) is 11.9 Å². The molecule has 0 aromatic heterocycles. The highest BCUT2D eigenvalue weighted by Crippen LogP contribution is 2.32. The minimum Gasteiger partial charge on any atom is -0.478 e. The van der Waals surface area contributed by atoms with Gasteiger partial charge in [0.25, 0.3) is 5.69 Å². The highest BCUT2D eigenvalue weighted by molar-refractivity contribution is 5.90. The zero-order valence-electron chi connectivity index (χ0n) is 12.5. The van der Waals surface area contributed by atoms with Crippen molar-refractivity contribution in [3.05, 3.63) is 33.6 Å². The Morgan fingerprint density at radius 2 is 2.00 bits per heavy atom. The summed E-state index contributed by atoms with van der Waals surface area (Å²) in [5.41, 5.74) is -1.03. The van der Waals surface area contributed by atoms with E-state index in [1.807, 2.05) is 20.8 Å². The van der Waals surface area contributed by atoms with E-state index < -0.39 is 28.0 Å². The maximum absolute atomic E-state index is 13.8. The molecule has 21 heavy (non-hydrogen) atoms. The number of hydrogen-bond donors (Lipinski definition) is 1. The molecule has 0 bridgehead atoms. The van der Waals surface area contributed by atoms with Gasteiger partial charge in [-0.05, 0) is 19.3 Å². The molecule has 0 aliphatic heterocycles. The zero-order valence-corrected chi connectivity index (χ0v) is 12.5. The molecule has 1 N–H and O–H groups in total. The van der Waals surface area contributed by atoms with Crippen LogP contribution >= 0.6 is 0 Å². The number of hydrogen-bond acceptors (Lipinski definition) is 4. The summed E-state index contributed by atoms with van der Waals surface area (Å²) >= 11 is 0. The Morgan fingerprint density at radius 3 is 2.43 bits per heavy atom. The molecule has 1 aromatic rings. The van der Waals surface area contributed by atoms with E-state index in [0.717, 1.165) is 18.6 Å². The largest absolute Gasteiger partial charge is 0.478 e. The van der Waals surface area contributed by atoms with Crippen LogP contribution in [0.1, 0.15) is 37.6 Å². The summed E-state index contributed by atoms with van der Waals surface area (Å²) in [7, 11) is 1.63. The topological polar surface area (TPSA) is 83.7 Å². The fraction of sp³-hybridized carbons (Fsp3) is 0.500. The Morgan fingerprint density at radius 1 is 1.43 bits per heavy atom. The molecule has 0 spiro atoms. The third-order valence-electron chi connectivity index (χ3n) is 3.35. The lowest BCUT2D eigenvalue weighted by Crippen LogP contribution is -2.30. The third kappa shape index (κ3) is 3.90. The van der Waals surface area contributed by atoms with Gasteiger partial charge in [0.2, 0.25) is 0 Å². The van der Waals surface area contributed by atoms with E-state index >= 15 is 0 Å². The van der Waals surface area contributed by atoms with Crippen LogP contribution in [0.4, 0.5) is 15.8 Å². The van der Waals surface area contributed by atoms with E-state index in [-0.39, 0.29) is 11.7 Å². The fourth-order valence-corrected chi connectivity index (χ4v) is 2.22. The molecule has 1 aromatic carbocycles. The average Bonchev–Trinajstić information content (AvgIpc) is 2.35. The zero-order chi connectivity index (χ0) is 16.3. The second-order valence-corrected chi connectivity index (χ2v) is 5.47. The predicted molar refractivity (Wildman–Crippen MR) is 77.3 cm³/mol. The van der Waals surface area contributed by atoms with Crippen molar-refractivity contribution in [2.24, 2.45) is 5.92 Å². The van der Waals surface area contributed by atoms with Gasteiger partial charge in [-0.1, -0.05) is 13.8 Å². The van der Waals surface area contributed by atoms with Gasteiger partial charge >= 0.3 is 5.97 Å². The molecule has 7 heteroatoms. The standard InChI is InChI=1S/C14H19FN2O4/c1-8(2)5-9(3)16(4)12-7-11(15)10(14(18)19)6-13(12)17(20)21/h6-9H,5H2,1-4H3,(H,18,19). The molecule has 0 saturated heterocycles. The molecule has 0 fully saturated rings. The first kappa shape index (κ1) is 16.9. The number of nitro benzene ring substituents is 1. The molecule has 0 aliphatic carbocycles. The molecule has 1 rings (SSSR count). The number of carbonyl (C=O) groups is 1. The smallest absolute Gasteiger partial charge is 0.338 e. The van der Waals surface area contributed by atoms with Crippen molar-refractivity contribution in [2.75, 3.05) is 11.9 Å². The lowest BCUT2D eigenvalue weighted by atomic mass is 10.0. The van der Waals surface area contributed by atoms with Gasteiger partial charge in [-0.3, -0.25) is 10.1 Å². The van der Waals surface area contributed by atoms with E-state index in [9.17, 15) is 19.3 Å². The van der Waals surface area contributed by atoms with Crippen LogP contribution in [0.3, 0.4) is 0 Å². The lowest BCUT2D eigenvalue weighted by molar-refractivity contribution is -0.384.